The summed E-state index contributed by atoms with van der Waals surface area (Å²) >= 11 is 0. The van der Waals surface area contributed by atoms with E-state index in [0.29, 0.717) is 0 Å². The van der Waals surface area contributed by atoms with Crippen molar-refractivity contribution in [3.63, 3.8) is 0 Å². The van der Waals surface area contributed by atoms with Crippen molar-refractivity contribution in [3.8, 4) is 0 Å². The first-order valence-electron chi connectivity index (χ1n) is 5.10. The molecule has 1 aliphatic rings. The van der Waals surface area contributed by atoms with Crippen LogP contribution in [0.2, 0.25) is 0 Å². The van der Waals surface area contributed by atoms with Gasteiger partial charge in [0.05, 0.1) is 12.0 Å². The third-order valence-electron chi connectivity index (χ3n) is 2.85. The molecule has 0 spiro atoms. The normalized spacial score (nSPS) is 22.3. The minimum atomic E-state index is -3.85. The largest absolute Gasteiger partial charge is 0.467 e. The number of Topliss-reactive ketones (excluding diaryl/α,β-unsaturated/α-hetero) is 1. The monoisotopic (exact) mass is 269 g/mol. The van der Waals surface area contributed by atoms with Crippen LogP contribution in [0.25, 0.3) is 0 Å². The average molecular weight is 269 g/mol. The van der Waals surface area contributed by atoms with Crippen molar-refractivity contribution in [3.05, 3.63) is 29.8 Å². The maximum absolute atomic E-state index is 12.1. The highest BCUT2D eigenvalue weighted by Crippen LogP contribution is 2.28. The van der Waals surface area contributed by atoms with Gasteiger partial charge >= 0.3 is 5.97 Å². The fraction of sp³-hybridized carbons (Fsp3) is 0.273. The van der Waals surface area contributed by atoms with Crippen molar-refractivity contribution in [2.75, 3.05) is 14.2 Å². The summed E-state index contributed by atoms with van der Waals surface area (Å²) in [6.45, 7) is 0. The number of esters is 1. The maximum Gasteiger partial charge on any atom is 0.332 e. The van der Waals surface area contributed by atoms with Gasteiger partial charge in [-0.15, -0.1) is 0 Å². The number of hydrogen-bond acceptors (Lipinski definition) is 5. The van der Waals surface area contributed by atoms with E-state index in [-0.39, 0.29) is 10.5 Å². The van der Waals surface area contributed by atoms with Crippen LogP contribution in [0.1, 0.15) is 10.4 Å². The summed E-state index contributed by atoms with van der Waals surface area (Å²) in [5.41, 5.74) is 0.0194. The summed E-state index contributed by atoms with van der Waals surface area (Å²) in [5, 5.41) is 0. The Morgan fingerprint density at radius 3 is 2.56 bits per heavy atom. The van der Waals surface area contributed by atoms with Crippen LogP contribution in [-0.4, -0.2) is 44.7 Å². The van der Waals surface area contributed by atoms with E-state index in [4.69, 9.17) is 0 Å². The predicted octanol–water partition coefficient (Wildman–Crippen LogP) is 0.0450. The molecule has 96 valence electrons. The highest BCUT2D eigenvalue weighted by atomic mass is 32.2. The molecule has 0 aliphatic carbocycles. The van der Waals surface area contributed by atoms with Crippen molar-refractivity contribution in [1.29, 1.82) is 0 Å². The number of likely N-dealkylation sites (N-methyl/N-ethyl adjacent to an activating group) is 1. The molecule has 0 unspecified atom stereocenters. The zero-order chi connectivity index (χ0) is 13.5. The predicted molar refractivity (Wildman–Crippen MR) is 61.5 cm³/mol. The Labute approximate surface area is 104 Å². The summed E-state index contributed by atoms with van der Waals surface area (Å²) in [6, 6.07) is 4.35. The van der Waals surface area contributed by atoms with Gasteiger partial charge < -0.3 is 4.74 Å². The highest BCUT2D eigenvalue weighted by Gasteiger charge is 2.45. The number of methoxy groups -OCH3 is 1. The second-order valence-corrected chi connectivity index (χ2v) is 5.77. The lowest BCUT2D eigenvalue weighted by Crippen LogP contribution is -2.51. The topological polar surface area (TPSA) is 80.8 Å². The van der Waals surface area contributed by atoms with E-state index in [2.05, 4.69) is 4.74 Å². The molecule has 0 saturated heterocycles. The smallest absolute Gasteiger partial charge is 0.332 e. The van der Waals surface area contributed by atoms with Crippen molar-refractivity contribution in [2.24, 2.45) is 0 Å². The summed E-state index contributed by atoms with van der Waals surface area (Å²) in [7, 11) is -1.55. The molecule has 0 saturated carbocycles. The van der Waals surface area contributed by atoms with Crippen LogP contribution in [0, 0.1) is 0 Å². The van der Waals surface area contributed by atoms with Gasteiger partial charge in [-0.05, 0) is 12.1 Å². The molecule has 0 fully saturated rings. The fourth-order valence-corrected chi connectivity index (χ4v) is 3.34. The Bertz CT molecular complexity index is 622. The van der Waals surface area contributed by atoms with Crippen molar-refractivity contribution >= 4 is 21.8 Å². The van der Waals surface area contributed by atoms with Crippen molar-refractivity contribution < 1.29 is 22.7 Å². The number of fused-ring (bicyclic) bond motifs is 1. The minimum absolute atomic E-state index is 0.0194. The first-order chi connectivity index (χ1) is 8.41. The molecular weight excluding hydrogens is 258 g/mol. The Balaban J connectivity index is 2.69. The van der Waals surface area contributed by atoms with Gasteiger partial charge in [0.25, 0.3) is 0 Å². The average Bonchev–Trinajstić information content (AvgIpc) is 2.37. The molecule has 1 atom stereocenters. The lowest BCUT2D eigenvalue weighted by Gasteiger charge is -2.29. The van der Waals surface area contributed by atoms with E-state index < -0.39 is 27.8 Å². The lowest BCUT2D eigenvalue weighted by molar-refractivity contribution is -0.143. The van der Waals surface area contributed by atoms with E-state index in [1.807, 2.05) is 0 Å². The van der Waals surface area contributed by atoms with E-state index in [1.54, 1.807) is 6.07 Å². The molecule has 1 aromatic rings. The second kappa shape index (κ2) is 4.18. The molecule has 1 heterocycles. The van der Waals surface area contributed by atoms with Crippen molar-refractivity contribution in [1.82, 2.24) is 4.31 Å². The summed E-state index contributed by atoms with van der Waals surface area (Å²) in [5.74, 6) is -1.46. The summed E-state index contributed by atoms with van der Waals surface area (Å²) < 4.78 is 29.5. The van der Waals surface area contributed by atoms with Gasteiger partial charge in [0.2, 0.25) is 10.0 Å². The van der Waals surface area contributed by atoms with Crippen LogP contribution in [0.5, 0.6) is 0 Å². The quantitative estimate of drug-likeness (QED) is 0.531. The molecule has 1 aliphatic heterocycles. The van der Waals surface area contributed by atoms with E-state index >= 15 is 0 Å². The fourth-order valence-electron chi connectivity index (χ4n) is 1.87. The Morgan fingerprint density at radius 2 is 1.94 bits per heavy atom. The van der Waals surface area contributed by atoms with Gasteiger partial charge in [-0.2, -0.15) is 4.31 Å². The van der Waals surface area contributed by atoms with Crippen LogP contribution in [0.15, 0.2) is 29.2 Å². The third-order valence-corrected chi connectivity index (χ3v) is 4.73. The van der Waals surface area contributed by atoms with Crippen molar-refractivity contribution in [2.45, 2.75) is 10.9 Å². The van der Waals surface area contributed by atoms with Gasteiger partial charge in [-0.1, -0.05) is 12.1 Å². The molecule has 18 heavy (non-hydrogen) atoms. The van der Waals surface area contributed by atoms with Gasteiger partial charge in [0.15, 0.2) is 11.8 Å². The number of carbonyl (C=O) groups is 2. The first-order valence-corrected chi connectivity index (χ1v) is 6.54. The number of benzene rings is 1. The standard InChI is InChI=1S/C11H11NO5S/c1-12-9(11(14)17-2)10(13)7-5-3-4-6-8(7)18(12,15)16/h3-6,9H,1-2H3/t9-/m0/s1. The summed E-state index contributed by atoms with van der Waals surface area (Å²) in [4.78, 5) is 23.6. The van der Waals surface area contributed by atoms with Crippen LogP contribution in [-0.2, 0) is 19.6 Å². The molecule has 0 radical (unpaired) electrons. The lowest BCUT2D eigenvalue weighted by atomic mass is 10.0. The molecule has 7 heteroatoms. The molecule has 1 aromatic carbocycles. The highest BCUT2D eigenvalue weighted by molar-refractivity contribution is 7.89. The van der Waals surface area contributed by atoms with Gasteiger partial charge in [-0.25, -0.2) is 13.2 Å². The number of sulfonamides is 1. The van der Waals surface area contributed by atoms with Gasteiger partial charge in [-0.3, -0.25) is 4.79 Å². The molecular formula is C11H11NO5S. The van der Waals surface area contributed by atoms with Crippen LogP contribution < -0.4 is 0 Å². The second-order valence-electron chi connectivity index (χ2n) is 3.81. The molecule has 0 bridgehead atoms. The van der Waals surface area contributed by atoms with E-state index in [1.165, 1.54) is 25.2 Å². The maximum atomic E-state index is 12.1. The molecule has 0 amide bonds. The first kappa shape index (κ1) is 12.7. The van der Waals surface area contributed by atoms with E-state index in [9.17, 15) is 18.0 Å². The molecule has 0 aromatic heterocycles. The van der Waals surface area contributed by atoms with Gasteiger partial charge in [0.1, 0.15) is 0 Å². The molecule has 2 rings (SSSR count). The number of nitrogens with zero attached hydrogens (tertiary/aromatic N) is 1. The number of carbonyl (C=O) groups excluding carboxylic acids is 2. The molecule has 0 N–H and O–H groups in total. The zero-order valence-corrected chi connectivity index (χ0v) is 10.6. The van der Waals surface area contributed by atoms with E-state index in [0.717, 1.165) is 11.4 Å². The third kappa shape index (κ3) is 1.63. The summed E-state index contributed by atoms with van der Waals surface area (Å²) in [6.07, 6.45) is 0. The van der Waals surface area contributed by atoms with Crippen LogP contribution in [0.4, 0.5) is 0 Å². The number of hydrogen-bond donors (Lipinski definition) is 0. The Morgan fingerprint density at radius 1 is 1.33 bits per heavy atom. The number of ether oxygens (including phenoxy) is 1. The SMILES string of the molecule is COC(=O)[C@@H]1C(=O)c2ccccc2S(=O)(=O)N1C. The minimum Gasteiger partial charge on any atom is -0.467 e. The van der Waals surface area contributed by atoms with Gasteiger partial charge in [0, 0.05) is 12.6 Å². The zero-order valence-electron chi connectivity index (χ0n) is 9.78. The van der Waals surface area contributed by atoms with Crippen LogP contribution in [0.3, 0.4) is 0 Å². The Kier molecular flexibility index (Phi) is 2.95. The number of ketones is 1. The number of rotatable bonds is 1. The molecule has 6 nitrogen and oxygen atoms in total. The van der Waals surface area contributed by atoms with Crippen LogP contribution >= 0.6 is 0 Å². The Hall–Kier alpha value is -1.73.